The minimum atomic E-state index is -0.235. The summed E-state index contributed by atoms with van der Waals surface area (Å²) in [5, 5.41) is 1.80. The molecule has 1 aromatic heterocycles. The van der Waals surface area contributed by atoms with Gasteiger partial charge in [-0.3, -0.25) is 0 Å². The molecular formula is C17H20ClN3O2. The minimum absolute atomic E-state index is 0.235. The third kappa shape index (κ3) is 3.34. The number of benzene rings is 1. The molecule has 1 saturated heterocycles. The Morgan fingerprint density at radius 2 is 2.00 bits per heavy atom. The number of hydrogen-bond donors (Lipinski definition) is 0. The van der Waals surface area contributed by atoms with Crippen molar-refractivity contribution in [1.82, 2.24) is 9.88 Å². The van der Waals surface area contributed by atoms with Crippen molar-refractivity contribution in [3.05, 3.63) is 34.9 Å². The van der Waals surface area contributed by atoms with Crippen LogP contribution in [-0.4, -0.2) is 48.8 Å². The zero-order chi connectivity index (χ0) is 16.4. The predicted molar refractivity (Wildman–Crippen MR) is 92.3 cm³/mol. The third-order valence-electron chi connectivity index (χ3n) is 4.09. The van der Waals surface area contributed by atoms with Crippen molar-refractivity contribution < 1.29 is 9.53 Å². The Balaban J connectivity index is 1.78. The second-order valence-electron chi connectivity index (χ2n) is 5.63. The molecule has 1 amide bonds. The van der Waals surface area contributed by atoms with Crippen molar-refractivity contribution in [2.75, 3.05) is 37.7 Å². The highest BCUT2D eigenvalue weighted by atomic mass is 35.5. The molecule has 6 heteroatoms. The largest absolute Gasteiger partial charge is 0.450 e. The number of carbonyl (C=O) groups excluding carboxylic acids is 1. The van der Waals surface area contributed by atoms with Crippen LogP contribution in [0.25, 0.3) is 10.9 Å². The molecule has 23 heavy (non-hydrogen) atoms. The number of nitrogens with zero attached hydrogens (tertiary/aromatic N) is 3. The first-order valence-corrected chi connectivity index (χ1v) is 8.20. The molecule has 1 aliphatic rings. The number of piperazine rings is 1. The zero-order valence-electron chi connectivity index (χ0n) is 13.4. The fraction of sp³-hybridized carbons (Fsp3) is 0.412. The number of hydrogen-bond acceptors (Lipinski definition) is 4. The molecule has 3 rings (SSSR count). The van der Waals surface area contributed by atoms with Crippen LogP contribution in [0.5, 0.6) is 0 Å². The van der Waals surface area contributed by atoms with Crippen molar-refractivity contribution >= 4 is 34.4 Å². The molecule has 0 radical (unpaired) electrons. The lowest BCUT2D eigenvalue weighted by Gasteiger charge is -2.35. The standard InChI is InChI=1S/C17H20ClN3O2/c1-3-23-17(22)21-8-6-20(7-9-21)16-10-12(2)14-5-4-13(18)11-15(14)19-16/h4-5,10-11H,3,6-9H2,1-2H3. The SMILES string of the molecule is CCOC(=O)N1CCN(c2cc(C)c3ccc(Cl)cc3n2)CC1. The second-order valence-corrected chi connectivity index (χ2v) is 6.07. The summed E-state index contributed by atoms with van der Waals surface area (Å²) >= 11 is 6.08. The van der Waals surface area contributed by atoms with E-state index in [4.69, 9.17) is 21.3 Å². The molecule has 0 aliphatic carbocycles. The number of fused-ring (bicyclic) bond motifs is 1. The highest BCUT2D eigenvalue weighted by molar-refractivity contribution is 6.31. The Labute approximate surface area is 140 Å². The molecule has 0 unspecified atom stereocenters. The van der Waals surface area contributed by atoms with Crippen molar-refractivity contribution in [1.29, 1.82) is 0 Å². The van der Waals surface area contributed by atoms with Crippen molar-refractivity contribution in [3.63, 3.8) is 0 Å². The molecule has 0 N–H and O–H groups in total. The number of aromatic nitrogens is 1. The van der Waals surface area contributed by atoms with E-state index < -0.39 is 0 Å². The maximum atomic E-state index is 11.8. The number of pyridine rings is 1. The Kier molecular flexibility index (Phi) is 4.57. The average molecular weight is 334 g/mol. The quantitative estimate of drug-likeness (QED) is 0.844. The van der Waals surface area contributed by atoms with Gasteiger partial charge in [-0.25, -0.2) is 9.78 Å². The van der Waals surface area contributed by atoms with E-state index in [0.29, 0.717) is 24.7 Å². The van der Waals surface area contributed by atoms with Gasteiger partial charge in [0, 0.05) is 36.6 Å². The van der Waals surface area contributed by atoms with Crippen LogP contribution in [0, 0.1) is 6.92 Å². The van der Waals surface area contributed by atoms with Gasteiger partial charge in [0.15, 0.2) is 0 Å². The lowest BCUT2D eigenvalue weighted by molar-refractivity contribution is 0.105. The maximum Gasteiger partial charge on any atom is 0.409 e. The summed E-state index contributed by atoms with van der Waals surface area (Å²) in [4.78, 5) is 20.4. The van der Waals surface area contributed by atoms with Gasteiger partial charge in [0.2, 0.25) is 0 Å². The van der Waals surface area contributed by atoms with Gasteiger partial charge in [0.25, 0.3) is 0 Å². The van der Waals surface area contributed by atoms with Gasteiger partial charge in [-0.15, -0.1) is 0 Å². The fourth-order valence-corrected chi connectivity index (χ4v) is 3.02. The van der Waals surface area contributed by atoms with Crippen LogP contribution < -0.4 is 4.90 Å². The summed E-state index contributed by atoms with van der Waals surface area (Å²) in [6.45, 7) is 7.09. The highest BCUT2D eigenvalue weighted by Crippen LogP contribution is 2.25. The van der Waals surface area contributed by atoms with E-state index in [0.717, 1.165) is 29.8 Å². The minimum Gasteiger partial charge on any atom is -0.450 e. The summed E-state index contributed by atoms with van der Waals surface area (Å²) in [6, 6.07) is 7.87. The number of rotatable bonds is 2. The number of amides is 1. The molecule has 1 aliphatic heterocycles. The van der Waals surface area contributed by atoms with E-state index in [1.165, 1.54) is 5.56 Å². The first-order chi connectivity index (χ1) is 11.1. The first kappa shape index (κ1) is 15.9. The fourth-order valence-electron chi connectivity index (χ4n) is 2.85. The number of ether oxygens (including phenoxy) is 1. The van der Waals surface area contributed by atoms with Gasteiger partial charge in [-0.05, 0) is 37.6 Å². The maximum absolute atomic E-state index is 11.8. The summed E-state index contributed by atoms with van der Waals surface area (Å²) in [5.41, 5.74) is 2.08. The molecule has 0 bridgehead atoms. The second kappa shape index (κ2) is 6.62. The van der Waals surface area contributed by atoms with Gasteiger partial charge in [0.1, 0.15) is 5.82 Å². The summed E-state index contributed by atoms with van der Waals surface area (Å²) in [5.74, 6) is 0.931. The summed E-state index contributed by atoms with van der Waals surface area (Å²) < 4.78 is 5.05. The smallest absolute Gasteiger partial charge is 0.409 e. The van der Waals surface area contributed by atoms with Gasteiger partial charge < -0.3 is 14.5 Å². The molecular weight excluding hydrogens is 314 g/mol. The van der Waals surface area contributed by atoms with E-state index in [-0.39, 0.29) is 6.09 Å². The highest BCUT2D eigenvalue weighted by Gasteiger charge is 2.23. The number of halogens is 1. The van der Waals surface area contributed by atoms with E-state index >= 15 is 0 Å². The first-order valence-electron chi connectivity index (χ1n) is 7.82. The molecule has 1 aromatic carbocycles. The van der Waals surface area contributed by atoms with Crippen LogP contribution in [0.2, 0.25) is 5.02 Å². The van der Waals surface area contributed by atoms with E-state index in [1.807, 2.05) is 25.1 Å². The van der Waals surface area contributed by atoms with Crippen LogP contribution in [0.1, 0.15) is 12.5 Å². The normalized spacial score (nSPS) is 15.1. The predicted octanol–water partition coefficient (Wildman–Crippen LogP) is 3.48. The molecule has 5 nitrogen and oxygen atoms in total. The zero-order valence-corrected chi connectivity index (χ0v) is 14.1. The third-order valence-corrected chi connectivity index (χ3v) is 4.33. The Morgan fingerprint density at radius 1 is 1.26 bits per heavy atom. The van der Waals surface area contributed by atoms with Crippen LogP contribution in [-0.2, 0) is 4.74 Å². The van der Waals surface area contributed by atoms with Crippen molar-refractivity contribution in [2.45, 2.75) is 13.8 Å². The van der Waals surface area contributed by atoms with E-state index in [1.54, 1.807) is 4.90 Å². The molecule has 0 spiro atoms. The summed E-state index contributed by atoms with van der Waals surface area (Å²) in [7, 11) is 0. The molecule has 2 heterocycles. The van der Waals surface area contributed by atoms with Gasteiger partial charge in [0.05, 0.1) is 12.1 Å². The lowest BCUT2D eigenvalue weighted by Crippen LogP contribution is -2.49. The average Bonchev–Trinajstić information content (AvgIpc) is 2.54. The van der Waals surface area contributed by atoms with Gasteiger partial charge in [-0.1, -0.05) is 17.7 Å². The van der Waals surface area contributed by atoms with Crippen molar-refractivity contribution in [3.8, 4) is 0 Å². The molecule has 2 aromatic rings. The Bertz CT molecular complexity index is 727. The van der Waals surface area contributed by atoms with E-state index in [9.17, 15) is 4.79 Å². The molecule has 0 atom stereocenters. The van der Waals surface area contributed by atoms with Gasteiger partial charge >= 0.3 is 6.09 Å². The summed E-state index contributed by atoms with van der Waals surface area (Å²) in [6.07, 6.45) is -0.235. The molecule has 122 valence electrons. The molecule has 0 saturated carbocycles. The number of anilines is 1. The number of aryl methyl sites for hydroxylation is 1. The van der Waals surface area contributed by atoms with Crippen LogP contribution in [0.15, 0.2) is 24.3 Å². The Morgan fingerprint density at radius 3 is 2.70 bits per heavy atom. The number of carbonyl (C=O) groups is 1. The van der Waals surface area contributed by atoms with E-state index in [2.05, 4.69) is 17.9 Å². The van der Waals surface area contributed by atoms with Crippen LogP contribution in [0.3, 0.4) is 0 Å². The van der Waals surface area contributed by atoms with Crippen LogP contribution in [0.4, 0.5) is 10.6 Å². The monoisotopic (exact) mass is 333 g/mol. The topological polar surface area (TPSA) is 45.7 Å². The van der Waals surface area contributed by atoms with Crippen molar-refractivity contribution in [2.24, 2.45) is 0 Å². The van der Waals surface area contributed by atoms with Crippen LogP contribution >= 0.6 is 11.6 Å². The Hall–Kier alpha value is -2.01. The van der Waals surface area contributed by atoms with Gasteiger partial charge in [-0.2, -0.15) is 0 Å². The molecule has 1 fully saturated rings. The lowest BCUT2D eigenvalue weighted by atomic mass is 10.1.